The Morgan fingerprint density at radius 2 is 1.84 bits per heavy atom. The average molecular weight is 260 g/mol. The number of carbonyl (C=O) groups excluding carboxylic acids is 1. The van der Waals surface area contributed by atoms with Crippen LogP contribution in [0.5, 0.6) is 0 Å². The van der Waals surface area contributed by atoms with Crippen molar-refractivity contribution < 1.29 is 4.79 Å². The van der Waals surface area contributed by atoms with Gasteiger partial charge in [0.05, 0.1) is 0 Å². The fourth-order valence-electron chi connectivity index (χ4n) is 2.70. The van der Waals surface area contributed by atoms with E-state index in [0.29, 0.717) is 6.04 Å². The zero-order valence-electron chi connectivity index (χ0n) is 12.0. The van der Waals surface area contributed by atoms with Gasteiger partial charge in [-0.1, -0.05) is 31.7 Å². The Labute approximate surface area is 115 Å². The van der Waals surface area contributed by atoms with Crippen molar-refractivity contribution in [3.8, 4) is 0 Å². The van der Waals surface area contributed by atoms with Gasteiger partial charge >= 0.3 is 0 Å². The minimum atomic E-state index is -0.0238. The molecular weight excluding hydrogens is 236 g/mol. The molecule has 0 aliphatic heterocycles. The topological polar surface area (TPSA) is 41.1 Å². The molecule has 3 heteroatoms. The molecule has 0 saturated heterocycles. The summed E-state index contributed by atoms with van der Waals surface area (Å²) in [4.78, 5) is 11.1. The Hall–Kier alpha value is -1.51. The number of hydrogen-bond donors (Lipinski definition) is 2. The fraction of sp³-hybridized carbons (Fsp3) is 0.562. The minimum Gasteiger partial charge on any atom is -0.382 e. The van der Waals surface area contributed by atoms with Crippen LogP contribution >= 0.6 is 0 Å². The lowest BCUT2D eigenvalue weighted by Crippen LogP contribution is -2.19. The first-order valence-corrected chi connectivity index (χ1v) is 7.30. The standard InChI is InChI=1S/C16H24N2O/c1-12-9-10-15(17-13(2)19)11-16(12)18-14-7-5-3-4-6-8-14/h9-11,14,18H,3-8H2,1-2H3,(H,17,19). The number of anilines is 2. The molecule has 0 aromatic heterocycles. The molecule has 0 heterocycles. The van der Waals surface area contributed by atoms with Crippen molar-refractivity contribution in [3.63, 3.8) is 0 Å². The highest BCUT2D eigenvalue weighted by Crippen LogP contribution is 2.25. The number of nitrogens with one attached hydrogen (secondary N) is 2. The third kappa shape index (κ3) is 4.27. The molecule has 1 saturated carbocycles. The summed E-state index contributed by atoms with van der Waals surface area (Å²) in [5.41, 5.74) is 3.26. The molecule has 0 spiro atoms. The second-order valence-electron chi connectivity index (χ2n) is 5.54. The van der Waals surface area contributed by atoms with Gasteiger partial charge in [0.2, 0.25) is 5.91 Å². The normalized spacial score (nSPS) is 16.7. The number of amides is 1. The zero-order chi connectivity index (χ0) is 13.7. The van der Waals surface area contributed by atoms with Crippen molar-refractivity contribution in [2.45, 2.75) is 58.4 Å². The van der Waals surface area contributed by atoms with Gasteiger partial charge < -0.3 is 10.6 Å². The predicted octanol–water partition coefficient (Wildman–Crippen LogP) is 4.09. The van der Waals surface area contributed by atoms with E-state index in [2.05, 4.69) is 23.6 Å². The van der Waals surface area contributed by atoms with Crippen LogP contribution in [0, 0.1) is 6.92 Å². The second-order valence-corrected chi connectivity index (χ2v) is 5.54. The summed E-state index contributed by atoms with van der Waals surface area (Å²) in [6.45, 7) is 3.65. The van der Waals surface area contributed by atoms with Gasteiger partial charge in [-0.2, -0.15) is 0 Å². The van der Waals surface area contributed by atoms with Gasteiger partial charge in [-0.15, -0.1) is 0 Å². The van der Waals surface area contributed by atoms with Gasteiger partial charge in [0.15, 0.2) is 0 Å². The number of hydrogen-bond acceptors (Lipinski definition) is 2. The van der Waals surface area contributed by atoms with Gasteiger partial charge in [0.25, 0.3) is 0 Å². The van der Waals surface area contributed by atoms with Crippen LogP contribution in [-0.4, -0.2) is 11.9 Å². The van der Waals surface area contributed by atoms with Crippen LogP contribution in [0.4, 0.5) is 11.4 Å². The van der Waals surface area contributed by atoms with Crippen molar-refractivity contribution in [1.29, 1.82) is 0 Å². The molecule has 1 aliphatic rings. The lowest BCUT2D eigenvalue weighted by molar-refractivity contribution is -0.114. The summed E-state index contributed by atoms with van der Waals surface area (Å²) in [5, 5.41) is 6.49. The van der Waals surface area contributed by atoms with Crippen molar-refractivity contribution in [2.75, 3.05) is 10.6 Å². The Morgan fingerprint density at radius 3 is 2.47 bits per heavy atom. The van der Waals surface area contributed by atoms with E-state index in [0.717, 1.165) is 11.4 Å². The molecule has 0 unspecified atom stereocenters. The largest absolute Gasteiger partial charge is 0.382 e. The van der Waals surface area contributed by atoms with E-state index in [1.54, 1.807) is 0 Å². The molecule has 1 fully saturated rings. The van der Waals surface area contributed by atoms with E-state index < -0.39 is 0 Å². The maximum absolute atomic E-state index is 11.1. The van der Waals surface area contributed by atoms with Crippen molar-refractivity contribution in [2.24, 2.45) is 0 Å². The number of aryl methyl sites for hydroxylation is 1. The van der Waals surface area contributed by atoms with Gasteiger partial charge in [0, 0.05) is 24.3 Å². The molecule has 1 aromatic carbocycles. The highest BCUT2D eigenvalue weighted by Gasteiger charge is 2.13. The molecule has 1 aromatic rings. The average Bonchev–Trinajstić information content (AvgIpc) is 2.61. The third-order valence-electron chi connectivity index (χ3n) is 3.77. The first kappa shape index (κ1) is 13.9. The number of benzene rings is 1. The summed E-state index contributed by atoms with van der Waals surface area (Å²) in [6, 6.07) is 6.63. The molecule has 0 radical (unpaired) electrons. The molecule has 2 N–H and O–H groups in total. The maximum atomic E-state index is 11.1. The van der Waals surface area contributed by atoms with Gasteiger partial charge in [-0.25, -0.2) is 0 Å². The van der Waals surface area contributed by atoms with Crippen LogP contribution in [0.15, 0.2) is 18.2 Å². The van der Waals surface area contributed by atoms with E-state index in [4.69, 9.17) is 0 Å². The fourth-order valence-corrected chi connectivity index (χ4v) is 2.70. The van der Waals surface area contributed by atoms with Crippen molar-refractivity contribution >= 4 is 17.3 Å². The molecule has 1 aliphatic carbocycles. The quantitative estimate of drug-likeness (QED) is 0.804. The summed E-state index contributed by atoms with van der Waals surface area (Å²) >= 11 is 0. The van der Waals surface area contributed by atoms with Crippen LogP contribution in [-0.2, 0) is 4.79 Å². The molecule has 0 atom stereocenters. The van der Waals surface area contributed by atoms with Crippen LogP contribution in [0.2, 0.25) is 0 Å². The number of carbonyl (C=O) groups is 1. The van der Waals surface area contributed by atoms with E-state index in [1.165, 1.54) is 51.0 Å². The maximum Gasteiger partial charge on any atom is 0.221 e. The highest BCUT2D eigenvalue weighted by molar-refractivity contribution is 5.89. The molecule has 3 nitrogen and oxygen atoms in total. The highest BCUT2D eigenvalue weighted by atomic mass is 16.1. The van der Waals surface area contributed by atoms with Crippen LogP contribution in [0.25, 0.3) is 0 Å². The van der Waals surface area contributed by atoms with E-state index in [-0.39, 0.29) is 5.91 Å². The van der Waals surface area contributed by atoms with Crippen LogP contribution in [0.3, 0.4) is 0 Å². The van der Waals surface area contributed by atoms with Crippen molar-refractivity contribution in [1.82, 2.24) is 0 Å². The summed E-state index contributed by atoms with van der Waals surface area (Å²) in [5.74, 6) is -0.0238. The monoisotopic (exact) mass is 260 g/mol. The Bertz CT molecular complexity index is 434. The zero-order valence-corrected chi connectivity index (χ0v) is 12.0. The smallest absolute Gasteiger partial charge is 0.221 e. The molecular formula is C16H24N2O. The summed E-state index contributed by atoms with van der Waals surface area (Å²) in [6.07, 6.45) is 7.88. The Morgan fingerprint density at radius 1 is 1.16 bits per heavy atom. The summed E-state index contributed by atoms with van der Waals surface area (Å²) < 4.78 is 0. The van der Waals surface area contributed by atoms with Gasteiger partial charge in [0.1, 0.15) is 0 Å². The molecule has 19 heavy (non-hydrogen) atoms. The molecule has 0 bridgehead atoms. The Kier molecular flexibility index (Phi) is 4.83. The van der Waals surface area contributed by atoms with Gasteiger partial charge in [-0.05, 0) is 37.5 Å². The summed E-state index contributed by atoms with van der Waals surface area (Å²) in [7, 11) is 0. The lowest BCUT2D eigenvalue weighted by atomic mass is 10.1. The van der Waals surface area contributed by atoms with E-state index in [9.17, 15) is 4.79 Å². The third-order valence-corrected chi connectivity index (χ3v) is 3.77. The molecule has 1 amide bonds. The second kappa shape index (κ2) is 6.60. The molecule has 2 rings (SSSR count). The first-order chi connectivity index (χ1) is 9.15. The Balaban J connectivity index is 2.07. The van der Waals surface area contributed by atoms with Crippen molar-refractivity contribution in [3.05, 3.63) is 23.8 Å². The minimum absolute atomic E-state index is 0.0238. The van der Waals surface area contributed by atoms with Crippen LogP contribution in [0.1, 0.15) is 51.0 Å². The SMILES string of the molecule is CC(=O)Nc1ccc(C)c(NC2CCCCCC2)c1. The van der Waals surface area contributed by atoms with E-state index in [1.807, 2.05) is 12.1 Å². The lowest BCUT2D eigenvalue weighted by Gasteiger charge is -2.20. The van der Waals surface area contributed by atoms with Crippen LogP contribution < -0.4 is 10.6 Å². The predicted molar refractivity (Wildman–Crippen MR) is 80.6 cm³/mol. The first-order valence-electron chi connectivity index (χ1n) is 7.30. The molecule has 104 valence electrons. The van der Waals surface area contributed by atoms with Gasteiger partial charge in [-0.3, -0.25) is 4.79 Å². The number of rotatable bonds is 3. The van der Waals surface area contributed by atoms with E-state index >= 15 is 0 Å².